The van der Waals surface area contributed by atoms with Crippen LogP contribution in [0.1, 0.15) is 84.0 Å². The number of carbonyl (C=O) groups excluding carboxylic acids is 1. The summed E-state index contributed by atoms with van der Waals surface area (Å²) in [5.41, 5.74) is 1.88. The van der Waals surface area contributed by atoms with E-state index in [1.165, 1.54) is 14.0 Å². The van der Waals surface area contributed by atoms with Crippen LogP contribution in [0.15, 0.2) is 64.4 Å². The molecule has 0 radical (unpaired) electrons. The molecule has 0 amide bonds. The summed E-state index contributed by atoms with van der Waals surface area (Å²) in [6.45, 7) is 16.0. The zero-order valence-electron chi connectivity index (χ0n) is 25.7. The normalized spacial score (nSPS) is 14.1. The molecule has 0 fully saturated rings. The average molecular weight is 613 g/mol. The molecule has 3 N–H and O–H groups in total. The first-order valence-corrected chi connectivity index (χ1v) is 14.5. The van der Waals surface area contributed by atoms with Gasteiger partial charge in [-0.3, -0.25) is 0 Å². The number of halogens is 1. The number of benzene rings is 3. The number of carbonyl (C=O) groups is 1. The van der Waals surface area contributed by atoms with Gasteiger partial charge in [0, 0.05) is 20.9 Å². The number of H-pyrrole nitrogens is 1. The SMILES string of the molecule is COC(=O)C(C)(O)c1ccc(OC(C)c2nc3ccc(Sc4cc(C(C)(C)C)c(O)c(C(C)(C)C)c4)cc3[nH]2)cc1.Cl. The quantitative estimate of drug-likeness (QED) is 0.182. The second-order valence-electron chi connectivity index (χ2n) is 12.6. The van der Waals surface area contributed by atoms with E-state index in [-0.39, 0.29) is 29.3 Å². The van der Waals surface area contributed by atoms with Crippen molar-refractivity contribution in [2.24, 2.45) is 0 Å². The minimum absolute atomic E-state index is 0. The number of aliphatic hydroxyl groups is 1. The number of phenols is 1. The highest BCUT2D eigenvalue weighted by atomic mass is 35.5. The predicted molar refractivity (Wildman–Crippen MR) is 170 cm³/mol. The van der Waals surface area contributed by atoms with Crippen LogP contribution in [0.4, 0.5) is 0 Å². The zero-order valence-corrected chi connectivity index (χ0v) is 27.3. The number of aromatic amines is 1. The molecule has 9 heteroatoms. The highest BCUT2D eigenvalue weighted by Crippen LogP contribution is 2.43. The Bertz CT molecular complexity index is 1530. The first-order chi connectivity index (χ1) is 19.0. The van der Waals surface area contributed by atoms with Crippen LogP contribution in [0.2, 0.25) is 0 Å². The van der Waals surface area contributed by atoms with E-state index in [1.54, 1.807) is 36.0 Å². The highest BCUT2D eigenvalue weighted by Gasteiger charge is 2.33. The Kier molecular flexibility index (Phi) is 9.67. The van der Waals surface area contributed by atoms with Gasteiger partial charge in [0.2, 0.25) is 0 Å². The van der Waals surface area contributed by atoms with Crippen molar-refractivity contribution in [2.75, 3.05) is 7.11 Å². The van der Waals surface area contributed by atoms with Gasteiger partial charge < -0.3 is 24.7 Å². The predicted octanol–water partition coefficient (Wildman–Crippen LogP) is 7.96. The van der Waals surface area contributed by atoms with E-state index < -0.39 is 11.6 Å². The maximum atomic E-state index is 11.9. The summed E-state index contributed by atoms with van der Waals surface area (Å²) in [6, 6.07) is 17.0. The number of fused-ring (bicyclic) bond motifs is 1. The standard InChI is InChI=1S/C33H40N2O5S.ClH/c1-19(40-21-12-10-20(11-13-21)33(8,38)30(37)39-9)29-34-26-15-14-22(18-27(26)35-29)41-23-16-24(31(2,3)4)28(36)25(17-23)32(5,6)7;/h10-19,36,38H,1-9H3,(H,34,35);1H. The van der Waals surface area contributed by atoms with Crippen molar-refractivity contribution < 1.29 is 24.5 Å². The molecule has 42 heavy (non-hydrogen) atoms. The molecule has 3 aromatic carbocycles. The fraction of sp³-hybridized carbons (Fsp3) is 0.394. The third-order valence-corrected chi connectivity index (χ3v) is 8.07. The lowest BCUT2D eigenvalue weighted by Crippen LogP contribution is -2.33. The number of ether oxygens (including phenoxy) is 2. The van der Waals surface area contributed by atoms with Crippen molar-refractivity contribution in [2.45, 2.75) is 87.7 Å². The Balaban J connectivity index is 0.00000484. The van der Waals surface area contributed by atoms with Crippen LogP contribution in [0.5, 0.6) is 11.5 Å². The number of esters is 1. The first-order valence-electron chi connectivity index (χ1n) is 13.6. The van der Waals surface area contributed by atoms with Gasteiger partial charge in [0.15, 0.2) is 11.7 Å². The third kappa shape index (κ3) is 7.05. The summed E-state index contributed by atoms with van der Waals surface area (Å²) in [4.78, 5) is 22.1. The molecule has 0 spiro atoms. The zero-order chi connectivity index (χ0) is 30.3. The molecular weight excluding hydrogens is 572 g/mol. The van der Waals surface area contributed by atoms with Crippen LogP contribution in [0.3, 0.4) is 0 Å². The number of nitrogens with zero attached hydrogens (tertiary/aromatic N) is 1. The number of aromatic hydroxyl groups is 1. The lowest BCUT2D eigenvalue weighted by atomic mass is 9.79. The van der Waals surface area contributed by atoms with Gasteiger partial charge in [-0.1, -0.05) is 65.4 Å². The number of hydrogen-bond donors (Lipinski definition) is 3. The largest absolute Gasteiger partial charge is 0.507 e. The fourth-order valence-electron chi connectivity index (χ4n) is 4.65. The van der Waals surface area contributed by atoms with Gasteiger partial charge in [0.1, 0.15) is 17.3 Å². The molecule has 0 aliphatic heterocycles. The van der Waals surface area contributed by atoms with Crippen molar-refractivity contribution in [3.8, 4) is 11.5 Å². The molecule has 7 nitrogen and oxygen atoms in total. The van der Waals surface area contributed by atoms with Gasteiger partial charge in [-0.2, -0.15) is 0 Å². The molecule has 1 heterocycles. The number of hydrogen-bond acceptors (Lipinski definition) is 7. The van der Waals surface area contributed by atoms with E-state index in [1.807, 2.05) is 13.0 Å². The van der Waals surface area contributed by atoms with Gasteiger partial charge in [-0.05, 0) is 72.7 Å². The van der Waals surface area contributed by atoms with E-state index in [0.29, 0.717) is 22.9 Å². The van der Waals surface area contributed by atoms with E-state index in [0.717, 1.165) is 32.0 Å². The minimum atomic E-state index is -1.74. The molecule has 0 bridgehead atoms. The first kappa shape index (κ1) is 33.3. The lowest BCUT2D eigenvalue weighted by molar-refractivity contribution is -0.161. The monoisotopic (exact) mass is 612 g/mol. The van der Waals surface area contributed by atoms with Crippen molar-refractivity contribution in [1.29, 1.82) is 0 Å². The van der Waals surface area contributed by atoms with E-state index in [2.05, 4.69) is 70.8 Å². The van der Waals surface area contributed by atoms with Crippen molar-refractivity contribution in [1.82, 2.24) is 9.97 Å². The summed E-state index contributed by atoms with van der Waals surface area (Å²) >= 11 is 1.66. The van der Waals surface area contributed by atoms with Gasteiger partial charge in [-0.25, -0.2) is 9.78 Å². The second kappa shape index (κ2) is 12.2. The van der Waals surface area contributed by atoms with Gasteiger partial charge in [0.25, 0.3) is 0 Å². The van der Waals surface area contributed by atoms with Crippen molar-refractivity contribution >= 4 is 41.2 Å². The van der Waals surface area contributed by atoms with Gasteiger partial charge in [0.05, 0.1) is 18.1 Å². The summed E-state index contributed by atoms with van der Waals surface area (Å²) in [7, 11) is 1.24. The molecule has 4 rings (SSSR count). The maximum Gasteiger partial charge on any atom is 0.342 e. The molecule has 0 saturated heterocycles. The summed E-state index contributed by atoms with van der Waals surface area (Å²) in [5, 5.41) is 21.5. The molecule has 4 aromatic rings. The molecular formula is C33H41ClN2O5S. The number of phenolic OH excluding ortho intramolecular Hbond substituents is 1. The topological polar surface area (TPSA) is 105 Å². The van der Waals surface area contributed by atoms with E-state index in [9.17, 15) is 15.0 Å². The fourth-order valence-corrected chi connectivity index (χ4v) is 5.58. The Morgan fingerprint density at radius 3 is 2.00 bits per heavy atom. The average Bonchev–Trinajstić information content (AvgIpc) is 3.32. The molecule has 0 saturated carbocycles. The molecule has 2 unspecified atom stereocenters. The Hall–Kier alpha value is -3.20. The number of rotatable bonds is 7. The number of aromatic nitrogens is 2. The van der Waals surface area contributed by atoms with E-state index in [4.69, 9.17) is 14.5 Å². The summed E-state index contributed by atoms with van der Waals surface area (Å²) < 4.78 is 10.8. The van der Waals surface area contributed by atoms with Gasteiger partial charge in [-0.15, -0.1) is 12.4 Å². The number of imidazole rings is 1. The second-order valence-corrected chi connectivity index (χ2v) is 13.8. The molecule has 226 valence electrons. The van der Waals surface area contributed by atoms with Crippen molar-refractivity contribution in [3.05, 3.63) is 77.1 Å². The van der Waals surface area contributed by atoms with Gasteiger partial charge >= 0.3 is 5.97 Å². The third-order valence-electron chi connectivity index (χ3n) is 7.10. The highest BCUT2D eigenvalue weighted by molar-refractivity contribution is 7.99. The van der Waals surface area contributed by atoms with Crippen LogP contribution < -0.4 is 4.74 Å². The summed E-state index contributed by atoms with van der Waals surface area (Å²) in [6.07, 6.45) is -0.369. The van der Waals surface area contributed by atoms with Crippen LogP contribution >= 0.6 is 24.2 Å². The maximum absolute atomic E-state index is 11.9. The van der Waals surface area contributed by atoms with Crippen molar-refractivity contribution in [3.63, 3.8) is 0 Å². The Morgan fingerprint density at radius 2 is 1.48 bits per heavy atom. The molecule has 0 aliphatic carbocycles. The Labute approximate surface area is 258 Å². The van der Waals surface area contributed by atoms with E-state index >= 15 is 0 Å². The van der Waals surface area contributed by atoms with Crippen LogP contribution in [0, 0.1) is 0 Å². The number of methoxy groups -OCH3 is 1. The molecule has 1 aromatic heterocycles. The molecule has 0 aliphatic rings. The minimum Gasteiger partial charge on any atom is -0.507 e. The summed E-state index contributed by atoms with van der Waals surface area (Å²) in [5.74, 6) is 0.909. The Morgan fingerprint density at radius 1 is 0.905 bits per heavy atom. The smallest absolute Gasteiger partial charge is 0.342 e. The molecule has 2 atom stereocenters. The van der Waals surface area contributed by atoms with Crippen LogP contribution in [0.25, 0.3) is 11.0 Å². The number of nitrogens with one attached hydrogen (secondary N) is 1. The lowest BCUT2D eigenvalue weighted by Gasteiger charge is -2.28. The van der Waals surface area contributed by atoms with Crippen LogP contribution in [-0.2, 0) is 26.0 Å². The van der Waals surface area contributed by atoms with Crippen LogP contribution in [-0.4, -0.2) is 33.3 Å².